The average molecular weight is 282 g/mol. The molecule has 0 saturated heterocycles. The Morgan fingerprint density at radius 1 is 0.636 bits per heavy atom. The van der Waals surface area contributed by atoms with Crippen molar-refractivity contribution in [1.29, 1.82) is 0 Å². The molecule has 0 atom stereocenters. The van der Waals surface area contributed by atoms with Gasteiger partial charge in [-0.05, 0) is 0 Å². The Labute approximate surface area is 75.3 Å². The van der Waals surface area contributed by atoms with Gasteiger partial charge in [-0.25, -0.2) is 0 Å². The fourth-order valence-corrected chi connectivity index (χ4v) is 0. The molecule has 0 unspecified atom stereocenters. The SMILES string of the molecule is [O-][Cl+3]([O-])([O-])O.[O-][Cl+3]([O-])([O-])O.[SeH2]. The van der Waals surface area contributed by atoms with E-state index in [2.05, 4.69) is 0 Å². The number of halogens is 2. The topological polar surface area (TPSA) is 179 Å². The standard InChI is InChI=1S/2ClHO4.H2Se/c2*2-1(3,4)5;/h2*(H,2,3,4,5);1H2. The van der Waals surface area contributed by atoms with E-state index in [4.69, 9.17) is 37.3 Å². The molecule has 0 aromatic heterocycles. The molecule has 11 heavy (non-hydrogen) atoms. The molecule has 0 spiro atoms. The second-order valence-electron chi connectivity index (χ2n) is 0.792. The third-order valence-corrected chi connectivity index (χ3v) is 0. The van der Waals surface area contributed by atoms with Crippen LogP contribution in [0.5, 0.6) is 0 Å². The molecule has 0 saturated carbocycles. The normalized spacial score (nSPS) is 10.9. The van der Waals surface area contributed by atoms with Crippen LogP contribution in [0.2, 0.25) is 0 Å². The molecule has 11 heteroatoms. The van der Waals surface area contributed by atoms with E-state index in [1.807, 2.05) is 0 Å². The molecule has 0 aliphatic rings. The molecule has 0 aromatic rings. The summed E-state index contributed by atoms with van der Waals surface area (Å²) in [5.74, 6) is 0. The zero-order chi connectivity index (χ0) is 9.00. The summed E-state index contributed by atoms with van der Waals surface area (Å²) in [5.41, 5.74) is 0. The summed E-state index contributed by atoms with van der Waals surface area (Å²) in [6, 6.07) is 0. The summed E-state index contributed by atoms with van der Waals surface area (Å²) in [7, 11) is -9.39. The van der Waals surface area contributed by atoms with Gasteiger partial charge in [0.15, 0.2) is 0 Å². The van der Waals surface area contributed by atoms with Gasteiger partial charge in [-0.15, -0.1) is 0 Å². The number of rotatable bonds is 0. The Balaban J connectivity index is -0.000000107. The second-order valence-corrected chi connectivity index (χ2v) is 2.38. The summed E-state index contributed by atoms with van der Waals surface area (Å²) in [6.45, 7) is 0. The minimum atomic E-state index is -4.69. The molecule has 0 aromatic carbocycles. The van der Waals surface area contributed by atoms with Crippen molar-refractivity contribution in [2.24, 2.45) is 0 Å². The molecule has 0 aliphatic carbocycles. The predicted octanol–water partition coefficient (Wildman–Crippen LogP) is -9.16. The van der Waals surface area contributed by atoms with E-state index in [-0.39, 0.29) is 17.1 Å². The van der Waals surface area contributed by atoms with Crippen LogP contribution in [-0.4, -0.2) is 26.4 Å². The zero-order valence-corrected chi connectivity index (χ0v) is 8.21. The van der Waals surface area contributed by atoms with Crippen LogP contribution in [0.25, 0.3) is 0 Å². The fourth-order valence-electron chi connectivity index (χ4n) is 0. The molecule has 2 N–H and O–H groups in total. The van der Waals surface area contributed by atoms with Gasteiger partial charge in [0.1, 0.15) is 0 Å². The van der Waals surface area contributed by atoms with Gasteiger partial charge in [-0.1, -0.05) is 0 Å². The van der Waals surface area contributed by atoms with Gasteiger partial charge in [0, 0.05) is 0 Å². The molecule has 8 nitrogen and oxygen atoms in total. The summed E-state index contributed by atoms with van der Waals surface area (Å²) >= 11 is 0. The maximum absolute atomic E-state index is 8.60. The van der Waals surface area contributed by atoms with Crippen molar-refractivity contribution in [2.75, 3.05) is 0 Å². The Morgan fingerprint density at radius 2 is 0.636 bits per heavy atom. The molecule has 0 aliphatic heterocycles. The van der Waals surface area contributed by atoms with E-state index in [1.165, 1.54) is 0 Å². The van der Waals surface area contributed by atoms with Crippen molar-refractivity contribution in [3.05, 3.63) is 0 Å². The third kappa shape index (κ3) is 1370. The van der Waals surface area contributed by atoms with Crippen LogP contribution in [0.15, 0.2) is 0 Å². The van der Waals surface area contributed by atoms with Crippen LogP contribution in [0.4, 0.5) is 0 Å². The van der Waals surface area contributed by atoms with Crippen molar-refractivity contribution in [1.82, 2.24) is 0 Å². The first-order chi connectivity index (χ1) is 4.00. The molecule has 0 heterocycles. The third-order valence-electron chi connectivity index (χ3n) is 0. The molecule has 0 amide bonds. The first-order valence-corrected chi connectivity index (χ1v) is 3.79. The van der Waals surface area contributed by atoms with Gasteiger partial charge >= 0.3 is 17.1 Å². The van der Waals surface area contributed by atoms with Crippen molar-refractivity contribution in [2.45, 2.75) is 0 Å². The van der Waals surface area contributed by atoms with Crippen molar-refractivity contribution < 1.29 is 57.8 Å². The van der Waals surface area contributed by atoms with Crippen molar-refractivity contribution in [3.63, 3.8) is 0 Å². The Kier molecular flexibility index (Phi) is 10.2. The molecular formula is H4Cl2O8Se. The molecule has 0 fully saturated rings. The molecule has 0 radical (unpaired) electrons. The first-order valence-electron chi connectivity index (χ1n) is 1.26. The zero-order valence-electron chi connectivity index (χ0n) is 4.60. The van der Waals surface area contributed by atoms with Crippen LogP contribution in [0.3, 0.4) is 0 Å². The van der Waals surface area contributed by atoms with Gasteiger partial charge in [0.2, 0.25) is 0 Å². The van der Waals surface area contributed by atoms with Crippen molar-refractivity contribution >= 4 is 17.1 Å². The molecule has 72 valence electrons. The average Bonchev–Trinajstić information content (AvgIpc) is 1.12. The van der Waals surface area contributed by atoms with E-state index < -0.39 is 20.5 Å². The van der Waals surface area contributed by atoms with Crippen LogP contribution >= 0.6 is 0 Å². The quantitative estimate of drug-likeness (QED) is 0.411. The van der Waals surface area contributed by atoms with Crippen molar-refractivity contribution in [3.8, 4) is 0 Å². The molecule has 0 rings (SSSR count). The van der Waals surface area contributed by atoms with Gasteiger partial charge in [-0.2, -0.15) is 28.0 Å². The van der Waals surface area contributed by atoms with E-state index in [1.54, 1.807) is 0 Å². The summed E-state index contributed by atoms with van der Waals surface area (Å²) < 4.78 is 65.4. The monoisotopic (exact) mass is 282 g/mol. The second kappa shape index (κ2) is 6.31. The van der Waals surface area contributed by atoms with E-state index >= 15 is 0 Å². The Bertz CT molecular complexity index is 55.1. The first kappa shape index (κ1) is 17.8. The Morgan fingerprint density at radius 3 is 0.636 bits per heavy atom. The van der Waals surface area contributed by atoms with Gasteiger partial charge < -0.3 is 0 Å². The summed E-state index contributed by atoms with van der Waals surface area (Å²) in [4.78, 5) is 0. The molecule has 0 bridgehead atoms. The van der Waals surface area contributed by atoms with E-state index in [0.29, 0.717) is 0 Å². The number of hydrogen-bond donors (Lipinski definition) is 2. The summed E-state index contributed by atoms with van der Waals surface area (Å²) in [5, 5.41) is 0. The van der Waals surface area contributed by atoms with Crippen LogP contribution in [0, 0.1) is 20.5 Å². The van der Waals surface area contributed by atoms with Crippen LogP contribution < -0.4 is 28.0 Å². The van der Waals surface area contributed by atoms with E-state index in [9.17, 15) is 0 Å². The molecular weight excluding hydrogens is 278 g/mol. The minimum absolute atomic E-state index is 0. The van der Waals surface area contributed by atoms with Gasteiger partial charge in [-0.3, -0.25) is 0 Å². The maximum atomic E-state index is 8.60. The fraction of sp³-hybridized carbons (Fsp3) is 0. The number of hydrogen-bond acceptors (Lipinski definition) is 8. The Hall–Kier alpha value is 0.779. The van der Waals surface area contributed by atoms with E-state index in [0.717, 1.165) is 0 Å². The predicted molar refractivity (Wildman–Crippen MR) is 13.0 cm³/mol. The summed E-state index contributed by atoms with van der Waals surface area (Å²) in [6.07, 6.45) is 0. The van der Waals surface area contributed by atoms with Gasteiger partial charge in [0.25, 0.3) is 0 Å². The van der Waals surface area contributed by atoms with Gasteiger partial charge in [0.05, 0.1) is 29.8 Å². The van der Waals surface area contributed by atoms with Crippen LogP contribution in [-0.2, 0) is 0 Å². The van der Waals surface area contributed by atoms with Crippen LogP contribution in [0.1, 0.15) is 0 Å².